The van der Waals surface area contributed by atoms with Crippen molar-refractivity contribution < 1.29 is 17.6 Å². The number of carbonyl (C=O) groups excluding carboxylic acids is 1. The molecule has 0 unspecified atom stereocenters. The van der Waals surface area contributed by atoms with Gasteiger partial charge in [-0.2, -0.15) is 0 Å². The van der Waals surface area contributed by atoms with Crippen LogP contribution >= 0.6 is 11.8 Å². The summed E-state index contributed by atoms with van der Waals surface area (Å²) in [6.45, 7) is 1.94. The van der Waals surface area contributed by atoms with E-state index in [9.17, 15) is 17.6 Å². The number of carbonyl (C=O) groups is 1. The van der Waals surface area contributed by atoms with E-state index < -0.39 is 21.7 Å². The van der Waals surface area contributed by atoms with Crippen molar-refractivity contribution in [2.75, 3.05) is 12.3 Å². The summed E-state index contributed by atoms with van der Waals surface area (Å²) < 4.78 is 42.8. The smallest absolute Gasteiger partial charge is 0.269 e. The molecule has 0 N–H and O–H groups in total. The third-order valence-electron chi connectivity index (χ3n) is 5.48. The fourth-order valence-corrected chi connectivity index (χ4v) is 6.34. The normalized spacial score (nSPS) is 14.4. The molecular weight excluding hydrogens is 475 g/mol. The zero-order valence-electron chi connectivity index (χ0n) is 18.1. The maximum Gasteiger partial charge on any atom is 0.269 e. The monoisotopic (exact) mass is 494 g/mol. The van der Waals surface area contributed by atoms with Crippen LogP contribution in [0.5, 0.6) is 0 Å². The molecule has 0 fully saturated rings. The van der Waals surface area contributed by atoms with Gasteiger partial charge in [0.2, 0.25) is 0 Å². The van der Waals surface area contributed by atoms with Gasteiger partial charge in [-0.05, 0) is 43.3 Å². The topological polar surface area (TPSA) is 85.2 Å². The number of amides is 1. The molecule has 34 heavy (non-hydrogen) atoms. The van der Waals surface area contributed by atoms with Crippen LogP contribution in [-0.2, 0) is 10.0 Å². The Hall–Kier alpha value is -3.50. The predicted molar refractivity (Wildman–Crippen MR) is 127 cm³/mol. The molecule has 0 saturated heterocycles. The SMILES string of the molecule is Cc1ccc(-n2c(SCCN3C(=O)c4ccccc4S3(=O)=O)nnc2-c2ccccc2F)cc1. The highest BCUT2D eigenvalue weighted by Gasteiger charge is 2.40. The Kier molecular flexibility index (Phi) is 5.70. The second-order valence-electron chi connectivity index (χ2n) is 7.68. The summed E-state index contributed by atoms with van der Waals surface area (Å²) >= 11 is 1.24. The lowest BCUT2D eigenvalue weighted by molar-refractivity contribution is 0.0876. The maximum atomic E-state index is 14.6. The Labute approximate surface area is 200 Å². The maximum absolute atomic E-state index is 14.6. The van der Waals surface area contributed by atoms with Gasteiger partial charge in [0.05, 0.1) is 11.1 Å². The average molecular weight is 495 g/mol. The standard InChI is InChI=1S/C24H19FN4O3S2/c1-16-10-12-17(13-11-16)29-22(18-6-2-4-8-20(18)25)26-27-24(29)33-15-14-28-23(30)19-7-3-5-9-21(19)34(28,31)32/h2-13H,14-15H2,1H3. The predicted octanol–water partition coefficient (Wildman–Crippen LogP) is 4.32. The van der Waals surface area contributed by atoms with E-state index in [-0.39, 0.29) is 22.8 Å². The molecule has 1 aliphatic heterocycles. The van der Waals surface area contributed by atoms with Crippen molar-refractivity contribution in [3.63, 3.8) is 0 Å². The van der Waals surface area contributed by atoms with Crippen LogP contribution in [0.4, 0.5) is 4.39 Å². The van der Waals surface area contributed by atoms with Gasteiger partial charge in [0.25, 0.3) is 15.9 Å². The number of hydrogen-bond acceptors (Lipinski definition) is 6. The van der Waals surface area contributed by atoms with E-state index in [0.717, 1.165) is 15.6 Å². The van der Waals surface area contributed by atoms with E-state index in [1.54, 1.807) is 34.9 Å². The van der Waals surface area contributed by atoms with Crippen molar-refractivity contribution in [1.29, 1.82) is 0 Å². The van der Waals surface area contributed by atoms with Crippen molar-refractivity contribution in [2.24, 2.45) is 0 Å². The van der Waals surface area contributed by atoms with Crippen molar-refractivity contribution in [2.45, 2.75) is 17.0 Å². The Morgan fingerprint density at radius 1 is 0.912 bits per heavy atom. The molecule has 3 aromatic carbocycles. The molecule has 2 heterocycles. The molecule has 0 aliphatic carbocycles. The first-order valence-corrected chi connectivity index (χ1v) is 12.9. The number of hydrogen-bond donors (Lipinski definition) is 0. The van der Waals surface area contributed by atoms with E-state index in [4.69, 9.17) is 0 Å². The number of aromatic nitrogens is 3. The number of nitrogens with zero attached hydrogens (tertiary/aromatic N) is 4. The van der Waals surface area contributed by atoms with Gasteiger partial charge in [-0.1, -0.05) is 53.7 Å². The highest BCUT2D eigenvalue weighted by molar-refractivity contribution is 7.99. The number of sulfonamides is 1. The number of benzene rings is 3. The molecule has 1 amide bonds. The molecule has 0 spiro atoms. The molecule has 4 aromatic rings. The summed E-state index contributed by atoms with van der Waals surface area (Å²) in [7, 11) is -3.88. The minimum Gasteiger partial charge on any atom is -0.270 e. The van der Waals surface area contributed by atoms with Crippen molar-refractivity contribution >= 4 is 27.7 Å². The lowest BCUT2D eigenvalue weighted by Gasteiger charge is -2.15. The van der Waals surface area contributed by atoms with Crippen LogP contribution in [0.25, 0.3) is 17.1 Å². The highest BCUT2D eigenvalue weighted by Crippen LogP contribution is 2.32. The van der Waals surface area contributed by atoms with E-state index in [1.807, 2.05) is 31.2 Å². The molecule has 7 nitrogen and oxygen atoms in total. The van der Waals surface area contributed by atoms with Crippen LogP contribution in [0.3, 0.4) is 0 Å². The van der Waals surface area contributed by atoms with Crippen molar-refractivity contribution in [3.8, 4) is 17.1 Å². The van der Waals surface area contributed by atoms with Crippen LogP contribution < -0.4 is 0 Å². The molecule has 1 aromatic heterocycles. The van der Waals surface area contributed by atoms with Gasteiger partial charge in [-0.15, -0.1) is 10.2 Å². The Morgan fingerprint density at radius 2 is 1.59 bits per heavy atom. The molecule has 0 bridgehead atoms. The lowest BCUT2D eigenvalue weighted by atomic mass is 10.2. The van der Waals surface area contributed by atoms with E-state index in [0.29, 0.717) is 16.5 Å². The van der Waals surface area contributed by atoms with Crippen LogP contribution in [0.1, 0.15) is 15.9 Å². The number of thioether (sulfide) groups is 1. The molecular formula is C24H19FN4O3S2. The second-order valence-corrected chi connectivity index (χ2v) is 10.6. The first kappa shape index (κ1) is 22.3. The Morgan fingerprint density at radius 3 is 2.29 bits per heavy atom. The largest absolute Gasteiger partial charge is 0.270 e. The number of rotatable bonds is 6. The summed E-state index contributed by atoms with van der Waals surface area (Å²) in [5, 5.41) is 8.94. The van der Waals surface area contributed by atoms with Crippen molar-refractivity contribution in [1.82, 2.24) is 19.1 Å². The average Bonchev–Trinajstić information content (AvgIpc) is 3.33. The van der Waals surface area contributed by atoms with Crippen molar-refractivity contribution in [3.05, 3.63) is 89.7 Å². The molecule has 0 atom stereocenters. The summed E-state index contributed by atoms with van der Waals surface area (Å²) in [5.41, 5.74) is 2.29. The van der Waals surface area contributed by atoms with Gasteiger partial charge in [-0.3, -0.25) is 9.36 Å². The van der Waals surface area contributed by atoms with Gasteiger partial charge < -0.3 is 0 Å². The third-order valence-corrected chi connectivity index (χ3v) is 8.23. The van der Waals surface area contributed by atoms with Crippen LogP contribution in [-0.4, -0.2) is 45.7 Å². The van der Waals surface area contributed by atoms with Gasteiger partial charge in [0, 0.05) is 18.0 Å². The zero-order valence-corrected chi connectivity index (χ0v) is 19.7. The van der Waals surface area contributed by atoms with Crippen LogP contribution in [0.15, 0.2) is 82.8 Å². The first-order valence-electron chi connectivity index (χ1n) is 10.4. The van der Waals surface area contributed by atoms with Crippen LogP contribution in [0, 0.1) is 12.7 Å². The summed E-state index contributed by atoms with van der Waals surface area (Å²) in [5.74, 6) is -0.378. The van der Waals surface area contributed by atoms with Gasteiger partial charge in [-0.25, -0.2) is 17.1 Å². The summed E-state index contributed by atoms with van der Waals surface area (Å²) in [4.78, 5) is 12.7. The first-order chi connectivity index (χ1) is 16.4. The number of fused-ring (bicyclic) bond motifs is 1. The Balaban J connectivity index is 1.44. The Bertz CT molecular complexity index is 1500. The highest BCUT2D eigenvalue weighted by atomic mass is 32.2. The molecule has 5 rings (SSSR count). The quantitative estimate of drug-likeness (QED) is 0.371. The molecule has 10 heteroatoms. The fourth-order valence-electron chi connectivity index (χ4n) is 3.78. The van der Waals surface area contributed by atoms with E-state index in [1.165, 1.54) is 30.0 Å². The molecule has 1 aliphatic rings. The number of aryl methyl sites for hydroxylation is 1. The number of halogens is 1. The molecule has 172 valence electrons. The molecule has 0 radical (unpaired) electrons. The minimum atomic E-state index is -3.88. The third kappa shape index (κ3) is 3.78. The summed E-state index contributed by atoms with van der Waals surface area (Å²) in [6.07, 6.45) is 0. The van der Waals surface area contributed by atoms with E-state index in [2.05, 4.69) is 10.2 Å². The minimum absolute atomic E-state index is 0.0228. The van der Waals surface area contributed by atoms with Crippen LogP contribution in [0.2, 0.25) is 0 Å². The fraction of sp³-hybridized carbons (Fsp3) is 0.125. The molecule has 0 saturated carbocycles. The lowest BCUT2D eigenvalue weighted by Crippen LogP contribution is -2.32. The van der Waals surface area contributed by atoms with Gasteiger partial charge in [0.1, 0.15) is 10.7 Å². The summed E-state index contributed by atoms with van der Waals surface area (Å²) in [6, 6.07) is 20.1. The zero-order chi connectivity index (χ0) is 23.9. The van der Waals surface area contributed by atoms with E-state index >= 15 is 0 Å². The van der Waals surface area contributed by atoms with Gasteiger partial charge in [0.15, 0.2) is 11.0 Å². The second kappa shape index (κ2) is 8.69. The van der Waals surface area contributed by atoms with Gasteiger partial charge >= 0.3 is 0 Å².